The highest BCUT2D eigenvalue weighted by Gasteiger charge is 2.32. The van der Waals surface area contributed by atoms with E-state index >= 15 is 0 Å². The third-order valence-electron chi connectivity index (χ3n) is 5.03. The molecule has 0 spiro atoms. The van der Waals surface area contributed by atoms with Crippen molar-refractivity contribution < 1.29 is 4.79 Å². The monoisotopic (exact) mass is 361 g/mol. The van der Waals surface area contributed by atoms with Gasteiger partial charge < -0.3 is 4.90 Å². The normalized spacial score (nSPS) is 16.2. The summed E-state index contributed by atoms with van der Waals surface area (Å²) in [6, 6.07) is 23.9. The Morgan fingerprint density at radius 2 is 1.65 bits per heavy atom. The van der Waals surface area contributed by atoms with Crippen LogP contribution in [0, 0.1) is 6.92 Å². The van der Waals surface area contributed by atoms with Crippen molar-refractivity contribution in [3.05, 3.63) is 106 Å². The van der Waals surface area contributed by atoms with Crippen molar-refractivity contribution in [2.45, 2.75) is 19.4 Å². The lowest BCUT2D eigenvalue weighted by Crippen LogP contribution is -2.40. The van der Waals surface area contributed by atoms with E-state index in [1.165, 1.54) is 11.1 Å². The van der Waals surface area contributed by atoms with Crippen molar-refractivity contribution in [1.82, 2.24) is 4.90 Å². The van der Waals surface area contributed by atoms with Gasteiger partial charge in [-0.1, -0.05) is 65.7 Å². The lowest BCUT2D eigenvalue weighted by atomic mass is 9.87. The average molecular weight is 362 g/mol. The molecule has 26 heavy (non-hydrogen) atoms. The van der Waals surface area contributed by atoms with E-state index < -0.39 is 0 Å². The maximum atomic E-state index is 13.3. The summed E-state index contributed by atoms with van der Waals surface area (Å²) in [6.45, 7) is 2.74. The van der Waals surface area contributed by atoms with E-state index in [2.05, 4.69) is 18.2 Å². The Balaban J connectivity index is 1.78. The quantitative estimate of drug-likeness (QED) is 0.595. The molecule has 0 fully saturated rings. The van der Waals surface area contributed by atoms with E-state index in [0.717, 1.165) is 23.1 Å². The number of aryl methyl sites for hydroxylation is 1. The van der Waals surface area contributed by atoms with E-state index in [-0.39, 0.29) is 11.9 Å². The molecule has 0 bridgehead atoms. The average Bonchev–Trinajstić information content (AvgIpc) is 2.68. The van der Waals surface area contributed by atoms with Gasteiger partial charge >= 0.3 is 0 Å². The van der Waals surface area contributed by atoms with Crippen LogP contribution in [0.1, 0.15) is 38.7 Å². The molecule has 0 N–H and O–H groups in total. The number of nitrogens with zero attached hydrogens (tertiary/aromatic N) is 1. The van der Waals surface area contributed by atoms with Crippen LogP contribution in [0.2, 0.25) is 5.02 Å². The summed E-state index contributed by atoms with van der Waals surface area (Å²) in [5.74, 6) is 0.0689. The van der Waals surface area contributed by atoms with E-state index in [9.17, 15) is 4.79 Å². The van der Waals surface area contributed by atoms with Crippen LogP contribution >= 0.6 is 11.6 Å². The third-order valence-corrected chi connectivity index (χ3v) is 5.28. The van der Waals surface area contributed by atoms with Crippen LogP contribution in [0.4, 0.5) is 0 Å². The summed E-state index contributed by atoms with van der Waals surface area (Å²) in [5, 5.41) is 0.703. The number of benzene rings is 3. The summed E-state index contributed by atoms with van der Waals surface area (Å²) < 4.78 is 0. The SMILES string of the molecule is Cc1ccc(C(=O)N2CCc3ccccc3[C@@H]2c2ccc(Cl)cc2)cc1. The minimum absolute atomic E-state index is 0.0689. The molecule has 3 aromatic rings. The van der Waals surface area contributed by atoms with Crippen LogP contribution in [-0.4, -0.2) is 17.4 Å². The van der Waals surface area contributed by atoms with Gasteiger partial charge in [0.1, 0.15) is 0 Å². The predicted molar refractivity (Wildman–Crippen MR) is 106 cm³/mol. The van der Waals surface area contributed by atoms with Gasteiger partial charge in [-0.15, -0.1) is 0 Å². The maximum Gasteiger partial charge on any atom is 0.254 e. The highest BCUT2D eigenvalue weighted by molar-refractivity contribution is 6.30. The van der Waals surface area contributed by atoms with Crippen LogP contribution in [-0.2, 0) is 6.42 Å². The zero-order valence-electron chi connectivity index (χ0n) is 14.7. The highest BCUT2D eigenvalue weighted by Crippen LogP contribution is 2.36. The van der Waals surface area contributed by atoms with Gasteiger partial charge in [0.25, 0.3) is 5.91 Å². The van der Waals surface area contributed by atoms with Crippen molar-refractivity contribution in [1.29, 1.82) is 0 Å². The molecule has 1 atom stereocenters. The number of carbonyl (C=O) groups excluding carboxylic acids is 1. The Kier molecular flexibility index (Phi) is 4.52. The lowest BCUT2D eigenvalue weighted by molar-refractivity contribution is 0.0694. The molecule has 130 valence electrons. The van der Waals surface area contributed by atoms with Gasteiger partial charge in [-0.05, 0) is 54.3 Å². The second-order valence-electron chi connectivity index (χ2n) is 6.77. The minimum atomic E-state index is -0.0916. The Morgan fingerprint density at radius 3 is 2.38 bits per heavy atom. The van der Waals surface area contributed by atoms with Gasteiger partial charge in [-0.3, -0.25) is 4.79 Å². The molecular formula is C23H20ClNO. The first-order valence-electron chi connectivity index (χ1n) is 8.84. The number of halogens is 1. The van der Waals surface area contributed by atoms with Crippen LogP contribution in [0.25, 0.3) is 0 Å². The molecule has 3 aromatic carbocycles. The van der Waals surface area contributed by atoms with Crippen molar-refractivity contribution >= 4 is 17.5 Å². The van der Waals surface area contributed by atoms with E-state index in [1.807, 2.05) is 66.4 Å². The standard InChI is InChI=1S/C23H20ClNO/c1-16-6-8-19(9-7-16)23(26)25-15-14-17-4-2-3-5-21(17)22(25)18-10-12-20(24)13-11-18/h2-13,22H,14-15H2,1H3/t22-/m0/s1. The van der Waals surface area contributed by atoms with Crippen molar-refractivity contribution in [2.24, 2.45) is 0 Å². The lowest BCUT2D eigenvalue weighted by Gasteiger charge is -2.38. The van der Waals surface area contributed by atoms with E-state index in [0.29, 0.717) is 11.6 Å². The molecule has 0 aliphatic carbocycles. The van der Waals surface area contributed by atoms with Gasteiger partial charge in [-0.25, -0.2) is 0 Å². The number of amides is 1. The molecule has 0 saturated carbocycles. The first-order chi connectivity index (χ1) is 12.6. The first kappa shape index (κ1) is 16.9. The summed E-state index contributed by atoms with van der Waals surface area (Å²) in [7, 11) is 0. The van der Waals surface area contributed by atoms with Gasteiger partial charge in [-0.2, -0.15) is 0 Å². The molecule has 2 nitrogen and oxygen atoms in total. The van der Waals surface area contributed by atoms with Gasteiger partial charge in [0.15, 0.2) is 0 Å². The van der Waals surface area contributed by atoms with Crippen LogP contribution in [0.5, 0.6) is 0 Å². The van der Waals surface area contributed by atoms with Crippen LogP contribution < -0.4 is 0 Å². The van der Waals surface area contributed by atoms with Crippen molar-refractivity contribution in [3.8, 4) is 0 Å². The zero-order valence-corrected chi connectivity index (χ0v) is 15.4. The third kappa shape index (κ3) is 3.13. The van der Waals surface area contributed by atoms with Crippen molar-refractivity contribution in [3.63, 3.8) is 0 Å². The molecule has 1 amide bonds. The molecule has 4 rings (SSSR count). The fourth-order valence-electron chi connectivity index (χ4n) is 3.65. The summed E-state index contributed by atoms with van der Waals surface area (Å²) in [4.78, 5) is 15.3. The Hall–Kier alpha value is -2.58. The smallest absolute Gasteiger partial charge is 0.254 e. The van der Waals surface area contributed by atoms with Gasteiger partial charge in [0, 0.05) is 17.1 Å². The second-order valence-corrected chi connectivity index (χ2v) is 7.20. The van der Waals surface area contributed by atoms with Crippen LogP contribution in [0.15, 0.2) is 72.8 Å². The van der Waals surface area contributed by atoms with Gasteiger partial charge in [0.05, 0.1) is 6.04 Å². The van der Waals surface area contributed by atoms with E-state index in [1.54, 1.807) is 0 Å². The molecule has 0 unspecified atom stereocenters. The molecule has 0 aromatic heterocycles. The Morgan fingerprint density at radius 1 is 0.962 bits per heavy atom. The number of carbonyl (C=O) groups is 1. The number of rotatable bonds is 2. The molecule has 3 heteroatoms. The second kappa shape index (κ2) is 6.97. The Bertz CT molecular complexity index is 931. The topological polar surface area (TPSA) is 20.3 Å². The number of hydrogen-bond acceptors (Lipinski definition) is 1. The molecule has 1 aliphatic heterocycles. The Labute approximate surface area is 159 Å². The largest absolute Gasteiger partial charge is 0.327 e. The maximum absolute atomic E-state index is 13.3. The van der Waals surface area contributed by atoms with Gasteiger partial charge in [0.2, 0.25) is 0 Å². The summed E-state index contributed by atoms with van der Waals surface area (Å²) >= 11 is 6.08. The first-order valence-corrected chi connectivity index (χ1v) is 9.22. The molecule has 0 saturated heterocycles. The molecule has 1 heterocycles. The highest BCUT2D eigenvalue weighted by atomic mass is 35.5. The number of fused-ring (bicyclic) bond motifs is 1. The minimum Gasteiger partial charge on any atom is -0.327 e. The zero-order chi connectivity index (χ0) is 18.1. The summed E-state index contributed by atoms with van der Waals surface area (Å²) in [5.41, 5.74) is 5.47. The van der Waals surface area contributed by atoms with Crippen molar-refractivity contribution in [2.75, 3.05) is 6.54 Å². The fourth-order valence-corrected chi connectivity index (χ4v) is 3.78. The van der Waals surface area contributed by atoms with E-state index in [4.69, 9.17) is 11.6 Å². The van der Waals surface area contributed by atoms with Crippen LogP contribution in [0.3, 0.4) is 0 Å². The number of hydrogen-bond donors (Lipinski definition) is 0. The summed E-state index contributed by atoms with van der Waals surface area (Å²) in [6.07, 6.45) is 0.873. The molecular weight excluding hydrogens is 342 g/mol. The predicted octanol–water partition coefficient (Wildman–Crippen LogP) is 5.44. The fraction of sp³-hybridized carbons (Fsp3) is 0.174. The molecule has 1 aliphatic rings. The molecule has 0 radical (unpaired) electrons.